The van der Waals surface area contributed by atoms with Gasteiger partial charge in [0.2, 0.25) is 0 Å². The molecule has 3 atom stereocenters. The summed E-state index contributed by atoms with van der Waals surface area (Å²) in [6, 6.07) is 7.35. The third kappa shape index (κ3) is 3.78. The van der Waals surface area contributed by atoms with Gasteiger partial charge in [-0.05, 0) is 69.0 Å². The summed E-state index contributed by atoms with van der Waals surface area (Å²) in [6.45, 7) is 5.73. The molecule has 5 nitrogen and oxygen atoms in total. The highest BCUT2D eigenvalue weighted by atomic mass is 16.5. The number of ether oxygens (including phenoxy) is 2. The van der Waals surface area contributed by atoms with Gasteiger partial charge < -0.3 is 19.7 Å². The third-order valence-electron chi connectivity index (χ3n) is 5.05. The number of methoxy groups -OCH3 is 1. The molecule has 1 unspecified atom stereocenters. The molecule has 23 heavy (non-hydrogen) atoms. The molecule has 1 aromatic rings. The molecule has 1 amide bonds. The van der Waals surface area contributed by atoms with Gasteiger partial charge in [0.15, 0.2) is 6.10 Å². The second kappa shape index (κ2) is 7.21. The molecule has 0 bridgehead atoms. The molecule has 1 aromatic carbocycles. The minimum atomic E-state index is -0.459. The summed E-state index contributed by atoms with van der Waals surface area (Å²) < 4.78 is 10.9. The number of benzene rings is 1. The maximum atomic E-state index is 12.7. The van der Waals surface area contributed by atoms with E-state index in [2.05, 4.69) is 5.32 Å². The highest BCUT2D eigenvalue weighted by Gasteiger charge is 2.32. The van der Waals surface area contributed by atoms with Crippen molar-refractivity contribution in [2.24, 2.45) is 11.8 Å². The minimum Gasteiger partial charge on any atom is -0.497 e. The number of likely N-dealkylation sites (tertiary alicyclic amines) is 1. The average molecular weight is 318 g/mol. The maximum absolute atomic E-state index is 12.7. The highest BCUT2D eigenvalue weighted by molar-refractivity contribution is 5.81. The van der Waals surface area contributed by atoms with Crippen molar-refractivity contribution in [3.63, 3.8) is 0 Å². The fourth-order valence-corrected chi connectivity index (χ4v) is 3.60. The van der Waals surface area contributed by atoms with Crippen molar-refractivity contribution in [3.8, 4) is 11.5 Å². The minimum absolute atomic E-state index is 0.0914. The van der Waals surface area contributed by atoms with Crippen LogP contribution >= 0.6 is 0 Å². The van der Waals surface area contributed by atoms with E-state index in [-0.39, 0.29) is 5.91 Å². The van der Waals surface area contributed by atoms with Crippen molar-refractivity contribution in [1.82, 2.24) is 10.2 Å². The zero-order chi connectivity index (χ0) is 16.2. The number of carbonyl (C=O) groups is 1. The van der Waals surface area contributed by atoms with Crippen LogP contribution in [0.25, 0.3) is 0 Å². The molecule has 0 spiro atoms. The standard InChI is InChI=1S/C18H26N2O3/c1-13(23-17-5-3-16(22-2)4-6-17)18(21)20-9-7-14-11-19-12-15(14)8-10-20/h3-6,13-15,19H,7-12H2,1-2H3/t13?,14-,15+. The molecular weight excluding hydrogens is 292 g/mol. The molecule has 126 valence electrons. The summed E-state index contributed by atoms with van der Waals surface area (Å²) in [7, 11) is 1.63. The summed E-state index contributed by atoms with van der Waals surface area (Å²) in [5.41, 5.74) is 0. The molecule has 0 saturated carbocycles. The lowest BCUT2D eigenvalue weighted by atomic mass is 9.92. The van der Waals surface area contributed by atoms with Crippen LogP contribution in [-0.2, 0) is 4.79 Å². The van der Waals surface area contributed by atoms with Crippen LogP contribution in [0, 0.1) is 11.8 Å². The maximum Gasteiger partial charge on any atom is 0.263 e. The summed E-state index contributed by atoms with van der Waals surface area (Å²) in [5, 5.41) is 3.46. The summed E-state index contributed by atoms with van der Waals surface area (Å²) in [6.07, 6.45) is 1.73. The lowest BCUT2D eigenvalue weighted by Crippen LogP contribution is -2.41. The Morgan fingerprint density at radius 2 is 1.70 bits per heavy atom. The van der Waals surface area contributed by atoms with Gasteiger partial charge in [-0.2, -0.15) is 0 Å². The molecule has 2 aliphatic rings. The summed E-state index contributed by atoms with van der Waals surface area (Å²) in [4.78, 5) is 14.6. The zero-order valence-electron chi connectivity index (χ0n) is 14.0. The van der Waals surface area contributed by atoms with Crippen LogP contribution in [0.4, 0.5) is 0 Å². The van der Waals surface area contributed by atoms with E-state index in [1.54, 1.807) is 7.11 Å². The fourth-order valence-electron chi connectivity index (χ4n) is 3.60. The first-order valence-electron chi connectivity index (χ1n) is 8.47. The van der Waals surface area contributed by atoms with E-state index < -0.39 is 6.10 Å². The van der Waals surface area contributed by atoms with Crippen molar-refractivity contribution >= 4 is 5.91 Å². The van der Waals surface area contributed by atoms with Crippen LogP contribution in [0.2, 0.25) is 0 Å². The van der Waals surface area contributed by atoms with Crippen LogP contribution in [-0.4, -0.2) is 50.2 Å². The topological polar surface area (TPSA) is 50.8 Å². The summed E-state index contributed by atoms with van der Waals surface area (Å²) >= 11 is 0. The number of amides is 1. The van der Waals surface area contributed by atoms with Gasteiger partial charge in [-0.1, -0.05) is 0 Å². The molecule has 2 heterocycles. The Labute approximate surface area is 137 Å². The van der Waals surface area contributed by atoms with Gasteiger partial charge in [-0.3, -0.25) is 4.79 Å². The quantitative estimate of drug-likeness (QED) is 0.921. The molecule has 5 heteroatoms. The van der Waals surface area contributed by atoms with E-state index in [1.807, 2.05) is 36.1 Å². The Bertz CT molecular complexity index is 518. The van der Waals surface area contributed by atoms with Crippen LogP contribution in [0.1, 0.15) is 19.8 Å². The molecule has 0 radical (unpaired) electrons. The number of hydrogen-bond donors (Lipinski definition) is 1. The molecule has 2 saturated heterocycles. The first-order chi connectivity index (χ1) is 11.2. The van der Waals surface area contributed by atoms with Crippen LogP contribution < -0.4 is 14.8 Å². The van der Waals surface area contributed by atoms with E-state index in [4.69, 9.17) is 9.47 Å². The smallest absolute Gasteiger partial charge is 0.263 e. The second-order valence-electron chi connectivity index (χ2n) is 6.52. The van der Waals surface area contributed by atoms with Crippen molar-refractivity contribution in [2.75, 3.05) is 33.3 Å². The summed E-state index contributed by atoms with van der Waals surface area (Å²) in [5.74, 6) is 3.02. The van der Waals surface area contributed by atoms with Crippen LogP contribution in [0.3, 0.4) is 0 Å². The Morgan fingerprint density at radius 3 is 2.26 bits per heavy atom. The molecule has 2 fully saturated rings. The molecule has 3 rings (SSSR count). The van der Waals surface area contributed by atoms with E-state index >= 15 is 0 Å². The molecule has 0 aliphatic carbocycles. The number of fused-ring (bicyclic) bond motifs is 1. The van der Waals surface area contributed by atoms with Crippen LogP contribution in [0.15, 0.2) is 24.3 Å². The number of carbonyl (C=O) groups excluding carboxylic acids is 1. The monoisotopic (exact) mass is 318 g/mol. The van der Waals surface area contributed by atoms with Crippen molar-refractivity contribution in [1.29, 1.82) is 0 Å². The zero-order valence-corrected chi connectivity index (χ0v) is 14.0. The largest absolute Gasteiger partial charge is 0.497 e. The number of rotatable bonds is 4. The molecule has 0 aromatic heterocycles. The number of nitrogens with one attached hydrogen (secondary N) is 1. The molecular formula is C18H26N2O3. The lowest BCUT2D eigenvalue weighted by Gasteiger charge is -2.25. The normalized spacial score (nSPS) is 25.4. The van der Waals surface area contributed by atoms with Crippen molar-refractivity contribution in [2.45, 2.75) is 25.9 Å². The number of nitrogens with zero attached hydrogens (tertiary/aromatic N) is 1. The van der Waals surface area contributed by atoms with Gasteiger partial charge in [0, 0.05) is 13.1 Å². The van der Waals surface area contributed by atoms with Gasteiger partial charge in [0.1, 0.15) is 11.5 Å². The van der Waals surface area contributed by atoms with Crippen molar-refractivity contribution < 1.29 is 14.3 Å². The van der Waals surface area contributed by atoms with E-state index in [1.165, 1.54) is 0 Å². The Balaban J connectivity index is 1.56. The van der Waals surface area contributed by atoms with Gasteiger partial charge in [0.05, 0.1) is 7.11 Å². The van der Waals surface area contributed by atoms with Gasteiger partial charge in [-0.25, -0.2) is 0 Å². The Morgan fingerprint density at radius 1 is 1.13 bits per heavy atom. The van der Waals surface area contributed by atoms with Gasteiger partial charge >= 0.3 is 0 Å². The van der Waals surface area contributed by atoms with E-state index in [0.717, 1.165) is 56.6 Å². The Kier molecular flexibility index (Phi) is 5.06. The first-order valence-corrected chi connectivity index (χ1v) is 8.47. The predicted molar refractivity (Wildman–Crippen MR) is 88.7 cm³/mol. The fraction of sp³-hybridized carbons (Fsp3) is 0.611. The lowest BCUT2D eigenvalue weighted by molar-refractivity contribution is -0.137. The van der Waals surface area contributed by atoms with Crippen LogP contribution in [0.5, 0.6) is 11.5 Å². The Hall–Kier alpha value is -1.75. The third-order valence-corrected chi connectivity index (χ3v) is 5.05. The van der Waals surface area contributed by atoms with E-state index in [0.29, 0.717) is 5.75 Å². The highest BCUT2D eigenvalue weighted by Crippen LogP contribution is 2.27. The van der Waals surface area contributed by atoms with E-state index in [9.17, 15) is 4.79 Å². The molecule has 1 N–H and O–H groups in total. The van der Waals surface area contributed by atoms with Crippen molar-refractivity contribution in [3.05, 3.63) is 24.3 Å². The van der Waals surface area contributed by atoms with Gasteiger partial charge in [0.25, 0.3) is 5.91 Å². The first kappa shape index (κ1) is 16.1. The SMILES string of the molecule is COc1ccc(OC(C)C(=O)N2CC[C@@H]3CNC[C@@H]3CC2)cc1. The average Bonchev–Trinajstić information content (AvgIpc) is 2.93. The number of hydrogen-bond acceptors (Lipinski definition) is 4. The predicted octanol–water partition coefficient (Wildman–Crippen LogP) is 1.92. The molecule has 2 aliphatic heterocycles. The second-order valence-corrected chi connectivity index (χ2v) is 6.52. The van der Waals surface area contributed by atoms with Gasteiger partial charge in [-0.15, -0.1) is 0 Å².